The molecule has 0 saturated carbocycles. The number of carbonyl (C=O) groups excluding carboxylic acids is 1. The zero-order chi connectivity index (χ0) is 16.4. The van der Waals surface area contributed by atoms with Crippen molar-refractivity contribution in [3.05, 3.63) is 46.5 Å². The molecule has 0 spiro atoms. The van der Waals surface area contributed by atoms with Gasteiger partial charge in [0.2, 0.25) is 0 Å². The minimum Gasteiger partial charge on any atom is -0.366 e. The quantitative estimate of drug-likeness (QED) is 0.865. The molecule has 1 aliphatic heterocycles. The molecule has 7 heteroatoms. The van der Waals surface area contributed by atoms with Gasteiger partial charge in [-0.1, -0.05) is 23.7 Å². The van der Waals surface area contributed by atoms with E-state index in [0.29, 0.717) is 30.3 Å². The van der Waals surface area contributed by atoms with Crippen LogP contribution in [0.5, 0.6) is 0 Å². The molecule has 0 aliphatic carbocycles. The van der Waals surface area contributed by atoms with E-state index in [2.05, 4.69) is 10.2 Å². The lowest BCUT2D eigenvalue weighted by Crippen LogP contribution is -2.43. The zero-order valence-electron chi connectivity index (χ0n) is 13.2. The Morgan fingerprint density at radius 3 is 3.09 bits per heavy atom. The van der Waals surface area contributed by atoms with Gasteiger partial charge in [-0.2, -0.15) is 0 Å². The standard InChI is InChI=1S/C16H19ClN4O2/c1-3-20-10-18-19-15(20)13-9-21(7-8-23-13)16(22)12-6-4-5-11(2)14(12)17/h4-6,10,13H,3,7-9H2,1-2H3. The van der Waals surface area contributed by atoms with Crippen LogP contribution in [0.15, 0.2) is 24.5 Å². The Morgan fingerprint density at radius 2 is 2.30 bits per heavy atom. The van der Waals surface area contributed by atoms with Gasteiger partial charge < -0.3 is 14.2 Å². The van der Waals surface area contributed by atoms with Gasteiger partial charge in [0.05, 0.1) is 23.7 Å². The number of aromatic nitrogens is 3. The maximum Gasteiger partial charge on any atom is 0.255 e. The predicted molar refractivity (Wildman–Crippen MR) is 86.5 cm³/mol. The molecule has 2 heterocycles. The highest BCUT2D eigenvalue weighted by molar-refractivity contribution is 6.34. The summed E-state index contributed by atoms with van der Waals surface area (Å²) in [5, 5.41) is 8.57. The largest absolute Gasteiger partial charge is 0.366 e. The molecular weight excluding hydrogens is 316 g/mol. The van der Waals surface area contributed by atoms with E-state index in [4.69, 9.17) is 16.3 Å². The van der Waals surface area contributed by atoms with Crippen LogP contribution in [0.3, 0.4) is 0 Å². The van der Waals surface area contributed by atoms with Crippen molar-refractivity contribution in [2.24, 2.45) is 0 Å². The van der Waals surface area contributed by atoms with Crippen molar-refractivity contribution < 1.29 is 9.53 Å². The number of nitrogens with zero attached hydrogens (tertiary/aromatic N) is 4. The number of carbonyl (C=O) groups is 1. The predicted octanol–water partition coefficient (Wildman–Crippen LogP) is 2.47. The molecule has 122 valence electrons. The number of hydrogen-bond acceptors (Lipinski definition) is 4. The van der Waals surface area contributed by atoms with E-state index in [1.54, 1.807) is 17.3 Å². The van der Waals surface area contributed by atoms with Crippen molar-refractivity contribution in [2.75, 3.05) is 19.7 Å². The Morgan fingerprint density at radius 1 is 1.48 bits per heavy atom. The maximum absolute atomic E-state index is 12.8. The molecule has 23 heavy (non-hydrogen) atoms. The molecule has 0 radical (unpaired) electrons. The van der Waals surface area contributed by atoms with Crippen LogP contribution in [0.25, 0.3) is 0 Å². The van der Waals surface area contributed by atoms with Gasteiger partial charge in [-0.05, 0) is 25.5 Å². The Labute approximate surface area is 140 Å². The van der Waals surface area contributed by atoms with Crippen molar-refractivity contribution in [3.8, 4) is 0 Å². The van der Waals surface area contributed by atoms with Crippen molar-refractivity contribution in [1.82, 2.24) is 19.7 Å². The molecule has 1 atom stereocenters. The number of halogens is 1. The van der Waals surface area contributed by atoms with Crippen molar-refractivity contribution in [1.29, 1.82) is 0 Å². The summed E-state index contributed by atoms with van der Waals surface area (Å²) in [6.07, 6.45) is 1.41. The zero-order valence-corrected chi connectivity index (χ0v) is 14.0. The van der Waals surface area contributed by atoms with Gasteiger partial charge in [-0.15, -0.1) is 10.2 Å². The number of rotatable bonds is 3. The first-order valence-corrected chi connectivity index (χ1v) is 8.03. The Kier molecular flexibility index (Phi) is 4.63. The summed E-state index contributed by atoms with van der Waals surface area (Å²) in [5.74, 6) is 0.676. The average Bonchev–Trinajstić information content (AvgIpc) is 3.05. The van der Waals surface area contributed by atoms with Crippen molar-refractivity contribution in [3.63, 3.8) is 0 Å². The molecule has 1 aliphatic rings. The highest BCUT2D eigenvalue weighted by Crippen LogP contribution is 2.25. The summed E-state index contributed by atoms with van der Waals surface area (Å²) < 4.78 is 7.71. The smallest absolute Gasteiger partial charge is 0.255 e. The molecule has 2 aromatic rings. The fourth-order valence-electron chi connectivity index (χ4n) is 2.73. The topological polar surface area (TPSA) is 60.2 Å². The third-order valence-corrected chi connectivity index (χ3v) is 4.55. The summed E-state index contributed by atoms with van der Waals surface area (Å²) in [6.45, 7) is 6.13. The minimum absolute atomic E-state index is 0.0745. The molecule has 0 bridgehead atoms. The van der Waals surface area contributed by atoms with E-state index < -0.39 is 0 Å². The Bertz CT molecular complexity index is 716. The van der Waals surface area contributed by atoms with Gasteiger partial charge in [0, 0.05) is 13.1 Å². The lowest BCUT2D eigenvalue weighted by molar-refractivity contribution is -0.0283. The van der Waals surface area contributed by atoms with E-state index in [1.807, 2.05) is 30.5 Å². The highest BCUT2D eigenvalue weighted by Gasteiger charge is 2.29. The van der Waals surface area contributed by atoms with Gasteiger partial charge in [-0.25, -0.2) is 0 Å². The van der Waals surface area contributed by atoms with E-state index in [0.717, 1.165) is 17.9 Å². The van der Waals surface area contributed by atoms with Gasteiger partial charge in [0.1, 0.15) is 12.4 Å². The highest BCUT2D eigenvalue weighted by atomic mass is 35.5. The van der Waals surface area contributed by atoms with Crippen LogP contribution in [-0.4, -0.2) is 45.3 Å². The average molecular weight is 335 g/mol. The maximum atomic E-state index is 12.8. The second kappa shape index (κ2) is 6.68. The van der Waals surface area contributed by atoms with Crippen LogP contribution in [-0.2, 0) is 11.3 Å². The molecule has 1 unspecified atom stereocenters. The molecular formula is C16H19ClN4O2. The first-order valence-electron chi connectivity index (χ1n) is 7.65. The van der Waals surface area contributed by atoms with Crippen molar-refractivity contribution >= 4 is 17.5 Å². The normalized spacial score (nSPS) is 18.2. The first kappa shape index (κ1) is 16.0. The van der Waals surface area contributed by atoms with Gasteiger partial charge in [-0.3, -0.25) is 4.79 Å². The molecule has 1 aromatic carbocycles. The number of amides is 1. The van der Waals surface area contributed by atoms with E-state index in [-0.39, 0.29) is 12.0 Å². The number of aryl methyl sites for hydroxylation is 2. The molecule has 1 saturated heterocycles. The number of ether oxygens (including phenoxy) is 1. The van der Waals surface area contributed by atoms with Crippen LogP contribution in [0, 0.1) is 6.92 Å². The Balaban J connectivity index is 1.81. The monoisotopic (exact) mass is 334 g/mol. The fraction of sp³-hybridized carbons (Fsp3) is 0.438. The molecule has 1 aromatic heterocycles. The van der Waals surface area contributed by atoms with Gasteiger partial charge >= 0.3 is 0 Å². The number of morpholine rings is 1. The third kappa shape index (κ3) is 3.09. The minimum atomic E-state index is -0.265. The lowest BCUT2D eigenvalue weighted by Gasteiger charge is -2.32. The second-order valence-electron chi connectivity index (χ2n) is 5.52. The number of hydrogen-bond donors (Lipinski definition) is 0. The first-order chi connectivity index (χ1) is 11.1. The number of benzene rings is 1. The SMILES string of the molecule is CCn1cnnc1C1CN(C(=O)c2cccc(C)c2Cl)CCO1. The summed E-state index contributed by atoms with van der Waals surface area (Å²) in [7, 11) is 0. The Hall–Kier alpha value is -1.92. The van der Waals surface area contributed by atoms with Crippen molar-refractivity contribution in [2.45, 2.75) is 26.5 Å². The van der Waals surface area contributed by atoms with Crippen LogP contribution in [0.1, 0.15) is 34.8 Å². The second-order valence-corrected chi connectivity index (χ2v) is 5.90. The fourth-order valence-corrected chi connectivity index (χ4v) is 2.94. The van der Waals surface area contributed by atoms with E-state index >= 15 is 0 Å². The van der Waals surface area contributed by atoms with Crippen LogP contribution in [0.4, 0.5) is 0 Å². The molecule has 6 nitrogen and oxygen atoms in total. The van der Waals surface area contributed by atoms with Crippen LogP contribution >= 0.6 is 11.6 Å². The summed E-state index contributed by atoms with van der Waals surface area (Å²) in [4.78, 5) is 14.6. The van der Waals surface area contributed by atoms with Crippen LogP contribution < -0.4 is 0 Å². The molecule has 0 N–H and O–H groups in total. The summed E-state index contributed by atoms with van der Waals surface area (Å²) >= 11 is 6.29. The summed E-state index contributed by atoms with van der Waals surface area (Å²) in [5.41, 5.74) is 1.43. The van der Waals surface area contributed by atoms with Crippen LogP contribution in [0.2, 0.25) is 5.02 Å². The lowest BCUT2D eigenvalue weighted by atomic mass is 10.1. The molecule has 1 amide bonds. The van der Waals surface area contributed by atoms with Gasteiger partial charge in [0.15, 0.2) is 5.82 Å². The summed E-state index contributed by atoms with van der Waals surface area (Å²) in [6, 6.07) is 5.50. The molecule has 3 rings (SSSR count). The van der Waals surface area contributed by atoms with E-state index in [9.17, 15) is 4.79 Å². The molecule has 1 fully saturated rings. The van der Waals surface area contributed by atoms with Gasteiger partial charge in [0.25, 0.3) is 5.91 Å². The van der Waals surface area contributed by atoms with E-state index in [1.165, 1.54) is 0 Å². The third-order valence-electron chi connectivity index (χ3n) is 4.05.